The van der Waals surface area contributed by atoms with Gasteiger partial charge in [0, 0.05) is 37.3 Å². The molecule has 0 bridgehead atoms. The minimum Gasteiger partial charge on any atom is -0.361 e. The van der Waals surface area contributed by atoms with Crippen molar-refractivity contribution in [3.05, 3.63) is 71.8 Å². The summed E-state index contributed by atoms with van der Waals surface area (Å²) in [5.74, 6) is 0.266. The molecule has 0 spiro atoms. The average molecular weight is 453 g/mol. The first kappa shape index (κ1) is 22.1. The highest BCUT2D eigenvalue weighted by Gasteiger charge is 2.14. The number of hydrogen-bond acceptors (Lipinski definition) is 6. The molecule has 9 nitrogen and oxygen atoms in total. The Kier molecular flexibility index (Phi) is 6.38. The molecule has 11 heteroatoms. The number of anilines is 1. The number of aryl methyl sites for hydroxylation is 2. The van der Waals surface area contributed by atoms with Gasteiger partial charge in [0.1, 0.15) is 28.8 Å². The number of nitrogens with zero attached hydrogens (tertiary/aromatic N) is 6. The Labute approximate surface area is 188 Å². The van der Waals surface area contributed by atoms with Crippen molar-refractivity contribution in [2.75, 3.05) is 18.9 Å². The fourth-order valence-corrected chi connectivity index (χ4v) is 3.21. The van der Waals surface area contributed by atoms with Gasteiger partial charge in [-0.05, 0) is 66.2 Å². The van der Waals surface area contributed by atoms with Gasteiger partial charge in [-0.25, -0.2) is 13.6 Å². The summed E-state index contributed by atoms with van der Waals surface area (Å²) in [6.45, 7) is 2.11. The van der Waals surface area contributed by atoms with Crippen molar-refractivity contribution in [3.8, 4) is 16.9 Å². The van der Waals surface area contributed by atoms with Crippen LogP contribution in [-0.4, -0.2) is 49.9 Å². The van der Waals surface area contributed by atoms with Crippen molar-refractivity contribution in [3.63, 3.8) is 0 Å². The first-order valence-corrected chi connectivity index (χ1v) is 10.2. The third-order valence-corrected chi connectivity index (χ3v) is 5.01. The Morgan fingerprint density at radius 2 is 1.94 bits per heavy atom. The summed E-state index contributed by atoms with van der Waals surface area (Å²) in [5.41, 5.74) is 1.94. The number of nitrogens with one attached hydrogen (secondary N) is 1. The number of rotatable bonds is 7. The quantitative estimate of drug-likeness (QED) is 0.454. The Hall–Kier alpha value is -4.15. The van der Waals surface area contributed by atoms with E-state index in [4.69, 9.17) is 4.52 Å². The van der Waals surface area contributed by atoms with Crippen molar-refractivity contribution in [1.82, 2.24) is 30.3 Å². The molecule has 0 fully saturated rings. The van der Waals surface area contributed by atoms with Crippen LogP contribution in [0.25, 0.3) is 16.9 Å². The van der Waals surface area contributed by atoms with Crippen molar-refractivity contribution >= 4 is 11.7 Å². The molecule has 0 aliphatic rings. The van der Waals surface area contributed by atoms with Crippen LogP contribution in [0.4, 0.5) is 19.3 Å². The molecule has 0 atom stereocenters. The summed E-state index contributed by atoms with van der Waals surface area (Å²) in [7, 11) is 1.66. The molecule has 2 aromatic carbocycles. The molecule has 2 amide bonds. The van der Waals surface area contributed by atoms with Gasteiger partial charge in [-0.3, -0.25) is 0 Å². The fourth-order valence-electron chi connectivity index (χ4n) is 3.21. The molecule has 0 radical (unpaired) electrons. The molecule has 0 saturated heterocycles. The zero-order valence-corrected chi connectivity index (χ0v) is 18.0. The fraction of sp³-hybridized carbons (Fsp3) is 0.227. The highest BCUT2D eigenvalue weighted by Crippen LogP contribution is 2.21. The molecule has 0 aliphatic carbocycles. The predicted octanol–water partition coefficient (Wildman–Crippen LogP) is 4.00. The van der Waals surface area contributed by atoms with Crippen LogP contribution in [-0.2, 0) is 6.42 Å². The summed E-state index contributed by atoms with van der Waals surface area (Å²) in [4.78, 5) is 14.0. The minimum absolute atomic E-state index is 0.139. The monoisotopic (exact) mass is 453 g/mol. The van der Waals surface area contributed by atoms with Crippen LogP contribution in [0.5, 0.6) is 0 Å². The number of aromatic nitrogens is 5. The van der Waals surface area contributed by atoms with E-state index in [-0.39, 0.29) is 17.5 Å². The summed E-state index contributed by atoms with van der Waals surface area (Å²) >= 11 is 0. The van der Waals surface area contributed by atoms with E-state index in [9.17, 15) is 13.6 Å². The number of hydrogen-bond donors (Lipinski definition) is 1. The normalized spacial score (nSPS) is 10.9. The molecule has 1 N–H and O–H groups in total. The van der Waals surface area contributed by atoms with Gasteiger partial charge in [0.2, 0.25) is 0 Å². The number of carbonyl (C=O) groups is 1. The maximum atomic E-state index is 14.2. The van der Waals surface area contributed by atoms with Gasteiger partial charge in [-0.1, -0.05) is 5.16 Å². The van der Waals surface area contributed by atoms with E-state index in [0.29, 0.717) is 42.4 Å². The number of urea groups is 1. The molecule has 0 unspecified atom stereocenters. The summed E-state index contributed by atoms with van der Waals surface area (Å²) < 4.78 is 33.9. The van der Waals surface area contributed by atoms with Gasteiger partial charge in [-0.2, -0.15) is 4.68 Å². The van der Waals surface area contributed by atoms with Crippen molar-refractivity contribution in [2.24, 2.45) is 0 Å². The second-order valence-corrected chi connectivity index (χ2v) is 7.44. The molecule has 0 saturated carbocycles. The van der Waals surface area contributed by atoms with Gasteiger partial charge < -0.3 is 14.7 Å². The SMILES string of the molecule is Cc1nnnn1-c1cc(NC(=O)N(C)CCCc2cc(-c3ccc(F)cc3)no2)ccc1F. The lowest BCUT2D eigenvalue weighted by molar-refractivity contribution is 0.221. The van der Waals surface area contributed by atoms with E-state index in [0.717, 1.165) is 5.56 Å². The van der Waals surface area contributed by atoms with Crippen LogP contribution in [0.2, 0.25) is 0 Å². The van der Waals surface area contributed by atoms with Gasteiger partial charge in [0.25, 0.3) is 0 Å². The summed E-state index contributed by atoms with van der Waals surface area (Å²) in [6.07, 6.45) is 1.21. The molecule has 0 aliphatic heterocycles. The molecule has 2 heterocycles. The molecular formula is C22H21F2N7O2. The predicted molar refractivity (Wildman–Crippen MR) is 116 cm³/mol. The van der Waals surface area contributed by atoms with Crippen molar-refractivity contribution in [2.45, 2.75) is 19.8 Å². The van der Waals surface area contributed by atoms with Crippen LogP contribution in [0.1, 0.15) is 18.0 Å². The lowest BCUT2D eigenvalue weighted by atomic mass is 10.1. The van der Waals surface area contributed by atoms with E-state index in [1.165, 1.54) is 39.9 Å². The maximum absolute atomic E-state index is 14.2. The van der Waals surface area contributed by atoms with Gasteiger partial charge in [0.05, 0.1) is 0 Å². The van der Waals surface area contributed by atoms with Crippen LogP contribution >= 0.6 is 0 Å². The molecule has 170 valence electrons. The lowest BCUT2D eigenvalue weighted by Gasteiger charge is -2.18. The Morgan fingerprint density at radius 1 is 1.15 bits per heavy atom. The molecule has 33 heavy (non-hydrogen) atoms. The van der Waals surface area contributed by atoms with Crippen LogP contribution < -0.4 is 5.32 Å². The Bertz CT molecular complexity index is 1250. The average Bonchev–Trinajstić information content (AvgIpc) is 3.44. The van der Waals surface area contributed by atoms with E-state index >= 15 is 0 Å². The first-order chi connectivity index (χ1) is 15.9. The Morgan fingerprint density at radius 3 is 2.67 bits per heavy atom. The highest BCUT2D eigenvalue weighted by atomic mass is 19.1. The largest absolute Gasteiger partial charge is 0.361 e. The van der Waals surface area contributed by atoms with Crippen LogP contribution in [0.3, 0.4) is 0 Å². The van der Waals surface area contributed by atoms with Gasteiger partial charge >= 0.3 is 6.03 Å². The van der Waals surface area contributed by atoms with E-state index in [1.54, 1.807) is 32.2 Å². The molecular weight excluding hydrogens is 432 g/mol. The summed E-state index contributed by atoms with van der Waals surface area (Å²) in [6, 6.07) is 11.6. The van der Waals surface area contributed by atoms with Crippen LogP contribution in [0, 0.1) is 18.6 Å². The zero-order chi connectivity index (χ0) is 23.4. The minimum atomic E-state index is -0.510. The molecule has 2 aromatic heterocycles. The topological polar surface area (TPSA) is 102 Å². The van der Waals surface area contributed by atoms with E-state index in [2.05, 4.69) is 26.0 Å². The Balaban J connectivity index is 1.31. The van der Waals surface area contributed by atoms with Gasteiger partial charge in [0.15, 0.2) is 5.82 Å². The smallest absolute Gasteiger partial charge is 0.321 e. The third kappa shape index (κ3) is 5.20. The third-order valence-electron chi connectivity index (χ3n) is 5.01. The molecule has 4 rings (SSSR count). The van der Waals surface area contributed by atoms with E-state index in [1.807, 2.05) is 0 Å². The zero-order valence-electron chi connectivity index (χ0n) is 18.0. The highest BCUT2D eigenvalue weighted by molar-refractivity contribution is 5.89. The van der Waals surface area contributed by atoms with Crippen molar-refractivity contribution in [1.29, 1.82) is 0 Å². The lowest BCUT2D eigenvalue weighted by Crippen LogP contribution is -2.32. The number of carbonyl (C=O) groups excluding carboxylic acids is 1. The number of benzene rings is 2. The van der Waals surface area contributed by atoms with Gasteiger partial charge in [-0.15, -0.1) is 5.10 Å². The van der Waals surface area contributed by atoms with Crippen molar-refractivity contribution < 1.29 is 18.1 Å². The summed E-state index contributed by atoms with van der Waals surface area (Å²) in [5, 5.41) is 17.8. The second-order valence-electron chi connectivity index (χ2n) is 7.44. The van der Waals surface area contributed by atoms with Crippen LogP contribution in [0.15, 0.2) is 53.1 Å². The first-order valence-electron chi connectivity index (χ1n) is 10.2. The number of tetrazole rings is 1. The standard InChI is InChI=1S/C22H21F2N7O2/c1-14-26-28-29-31(14)21-12-17(9-10-19(21)24)25-22(32)30(2)11-3-4-18-13-20(27-33-18)15-5-7-16(23)8-6-15/h5-10,12-13H,3-4,11H2,1-2H3,(H,25,32). The van der Waals surface area contributed by atoms with E-state index < -0.39 is 5.82 Å². The number of halogens is 2. The maximum Gasteiger partial charge on any atom is 0.321 e. The second kappa shape index (κ2) is 9.55. The number of amides is 2. The molecule has 4 aromatic rings.